The fraction of sp³-hybridized carbons (Fsp3) is 0.429. The van der Waals surface area contributed by atoms with E-state index in [9.17, 15) is 22.8 Å². The molecular weight excluding hydrogens is 379 g/mol. The summed E-state index contributed by atoms with van der Waals surface area (Å²) in [5.74, 6) is -2.72. The molecule has 23 heavy (non-hydrogen) atoms. The van der Waals surface area contributed by atoms with Crippen LogP contribution >= 0.6 is 15.9 Å². The third kappa shape index (κ3) is 4.23. The van der Waals surface area contributed by atoms with Crippen LogP contribution in [-0.4, -0.2) is 29.8 Å². The van der Waals surface area contributed by atoms with Gasteiger partial charge in [-0.2, -0.15) is 13.2 Å². The van der Waals surface area contributed by atoms with Crippen LogP contribution in [0.4, 0.5) is 13.2 Å². The van der Waals surface area contributed by atoms with E-state index in [1.54, 1.807) is 11.0 Å². The third-order valence-corrected chi connectivity index (χ3v) is 4.28. The molecule has 0 saturated carbocycles. The number of benzene rings is 1. The number of carbonyl (C=O) groups excluding carboxylic acids is 2. The first-order chi connectivity index (χ1) is 10.6. The molecule has 1 heterocycles. The van der Waals surface area contributed by atoms with E-state index < -0.39 is 35.4 Å². The molecule has 5 nitrogen and oxygen atoms in total. The van der Waals surface area contributed by atoms with Crippen LogP contribution in [0.25, 0.3) is 0 Å². The Kier molecular flexibility index (Phi) is 5.00. The van der Waals surface area contributed by atoms with Crippen molar-refractivity contribution in [3.05, 3.63) is 33.8 Å². The Balaban J connectivity index is 2.19. The second kappa shape index (κ2) is 6.48. The largest absolute Gasteiger partial charge is 0.416 e. The van der Waals surface area contributed by atoms with Crippen LogP contribution in [0.1, 0.15) is 11.1 Å². The number of nitrogens with zero attached hydrogens (tertiary/aromatic N) is 1. The zero-order chi connectivity index (χ0) is 17.4. The van der Waals surface area contributed by atoms with Gasteiger partial charge in [-0.1, -0.05) is 15.9 Å². The summed E-state index contributed by atoms with van der Waals surface area (Å²) in [6.07, 6.45) is -4.45. The average Bonchev–Trinajstić information content (AvgIpc) is 2.81. The summed E-state index contributed by atoms with van der Waals surface area (Å²) in [5, 5.41) is 0. The SMILES string of the molecule is NC(=O)[C@@H]1CN(Cc2cc(Br)cc(C(F)(F)F)c2)C[C@H]1C(N)=O. The van der Waals surface area contributed by atoms with E-state index in [0.29, 0.717) is 10.0 Å². The van der Waals surface area contributed by atoms with Gasteiger partial charge in [-0.05, 0) is 23.8 Å². The molecule has 2 amide bonds. The molecule has 2 atom stereocenters. The molecule has 9 heteroatoms. The van der Waals surface area contributed by atoms with E-state index >= 15 is 0 Å². The van der Waals surface area contributed by atoms with E-state index in [1.807, 2.05) is 0 Å². The number of hydrogen-bond donors (Lipinski definition) is 2. The first-order valence-corrected chi connectivity index (χ1v) is 7.55. The highest BCUT2D eigenvalue weighted by Crippen LogP contribution is 2.33. The first kappa shape index (κ1) is 17.7. The van der Waals surface area contributed by atoms with Crippen LogP contribution < -0.4 is 11.5 Å². The summed E-state index contributed by atoms with van der Waals surface area (Å²) in [6, 6.07) is 3.60. The number of halogens is 4. The number of likely N-dealkylation sites (tertiary alicyclic amines) is 1. The van der Waals surface area contributed by atoms with Crippen molar-refractivity contribution in [1.29, 1.82) is 0 Å². The first-order valence-electron chi connectivity index (χ1n) is 6.75. The predicted octanol–water partition coefficient (Wildman–Crippen LogP) is 1.49. The number of rotatable bonds is 4. The molecule has 126 valence electrons. The van der Waals surface area contributed by atoms with Crippen LogP contribution in [0.15, 0.2) is 22.7 Å². The predicted molar refractivity (Wildman–Crippen MR) is 79.8 cm³/mol. The van der Waals surface area contributed by atoms with Gasteiger partial charge in [0.2, 0.25) is 11.8 Å². The molecule has 1 fully saturated rings. The molecule has 0 spiro atoms. The number of nitrogens with two attached hydrogens (primary N) is 2. The lowest BCUT2D eigenvalue weighted by Gasteiger charge is -2.17. The Morgan fingerprint density at radius 1 is 1.13 bits per heavy atom. The average molecular weight is 394 g/mol. The second-order valence-corrected chi connectivity index (χ2v) is 6.47. The highest BCUT2D eigenvalue weighted by molar-refractivity contribution is 9.10. The van der Waals surface area contributed by atoms with Crippen LogP contribution in [0.2, 0.25) is 0 Å². The van der Waals surface area contributed by atoms with Gasteiger partial charge in [0, 0.05) is 24.1 Å². The fourth-order valence-electron chi connectivity index (χ4n) is 2.75. The van der Waals surface area contributed by atoms with Crippen molar-refractivity contribution >= 4 is 27.7 Å². The van der Waals surface area contributed by atoms with E-state index in [1.165, 1.54) is 0 Å². The quantitative estimate of drug-likeness (QED) is 0.811. The lowest BCUT2D eigenvalue weighted by atomic mass is 9.95. The normalized spacial score (nSPS) is 22.3. The molecule has 1 saturated heterocycles. The number of primary amides is 2. The third-order valence-electron chi connectivity index (χ3n) is 3.82. The number of carbonyl (C=O) groups is 2. The van der Waals surface area contributed by atoms with Crippen molar-refractivity contribution in [1.82, 2.24) is 4.90 Å². The van der Waals surface area contributed by atoms with Crippen molar-refractivity contribution in [2.24, 2.45) is 23.3 Å². The zero-order valence-corrected chi connectivity index (χ0v) is 13.5. The molecule has 4 N–H and O–H groups in total. The highest BCUT2D eigenvalue weighted by Gasteiger charge is 2.40. The maximum atomic E-state index is 12.8. The van der Waals surface area contributed by atoms with Gasteiger partial charge in [-0.3, -0.25) is 14.5 Å². The molecule has 1 aromatic rings. The van der Waals surface area contributed by atoms with Crippen LogP contribution in [0, 0.1) is 11.8 Å². The van der Waals surface area contributed by atoms with Gasteiger partial charge in [-0.25, -0.2) is 0 Å². The van der Waals surface area contributed by atoms with Crippen LogP contribution in [0.5, 0.6) is 0 Å². The van der Waals surface area contributed by atoms with Crippen molar-refractivity contribution in [3.63, 3.8) is 0 Å². The lowest BCUT2D eigenvalue weighted by Crippen LogP contribution is -2.36. The number of alkyl halides is 3. The summed E-state index contributed by atoms with van der Waals surface area (Å²) in [5.41, 5.74) is 10.2. The van der Waals surface area contributed by atoms with Crippen molar-refractivity contribution in [2.75, 3.05) is 13.1 Å². The minimum atomic E-state index is -4.45. The lowest BCUT2D eigenvalue weighted by molar-refractivity contribution is -0.137. The number of hydrogen-bond acceptors (Lipinski definition) is 3. The highest BCUT2D eigenvalue weighted by atomic mass is 79.9. The summed E-state index contributed by atoms with van der Waals surface area (Å²) in [6.45, 7) is 0.545. The fourth-order valence-corrected chi connectivity index (χ4v) is 3.30. The van der Waals surface area contributed by atoms with Gasteiger partial charge in [0.15, 0.2) is 0 Å². The minimum Gasteiger partial charge on any atom is -0.369 e. The van der Waals surface area contributed by atoms with E-state index in [2.05, 4.69) is 15.9 Å². The van der Waals surface area contributed by atoms with Gasteiger partial charge in [0.25, 0.3) is 0 Å². The van der Waals surface area contributed by atoms with Crippen molar-refractivity contribution in [2.45, 2.75) is 12.7 Å². The maximum absolute atomic E-state index is 12.8. The molecule has 0 aromatic heterocycles. The molecule has 0 unspecified atom stereocenters. The summed E-state index contributed by atoms with van der Waals surface area (Å²) in [7, 11) is 0. The van der Waals surface area contributed by atoms with E-state index in [-0.39, 0.29) is 19.6 Å². The van der Waals surface area contributed by atoms with Gasteiger partial charge < -0.3 is 11.5 Å². The molecule has 0 radical (unpaired) electrons. The maximum Gasteiger partial charge on any atom is 0.416 e. The Morgan fingerprint density at radius 2 is 1.65 bits per heavy atom. The molecule has 0 aliphatic carbocycles. The van der Waals surface area contributed by atoms with Crippen LogP contribution in [-0.2, 0) is 22.3 Å². The topological polar surface area (TPSA) is 89.4 Å². The minimum absolute atomic E-state index is 0.163. The van der Waals surface area contributed by atoms with E-state index in [0.717, 1.165) is 12.1 Å². The Bertz CT molecular complexity index is 614. The Morgan fingerprint density at radius 3 is 2.09 bits per heavy atom. The molecule has 0 bridgehead atoms. The second-order valence-electron chi connectivity index (χ2n) is 5.56. The van der Waals surface area contributed by atoms with Gasteiger partial charge >= 0.3 is 6.18 Å². The Labute approximate surface area is 138 Å². The smallest absolute Gasteiger partial charge is 0.369 e. The van der Waals surface area contributed by atoms with Gasteiger partial charge in [0.05, 0.1) is 17.4 Å². The van der Waals surface area contributed by atoms with Crippen molar-refractivity contribution in [3.8, 4) is 0 Å². The van der Waals surface area contributed by atoms with Gasteiger partial charge in [0.1, 0.15) is 0 Å². The molecule has 1 aliphatic rings. The standard InChI is InChI=1S/C14H15BrF3N3O2/c15-9-2-7(1-8(3-9)14(16,17)18)4-21-5-10(12(19)22)11(6-21)13(20)23/h1-3,10-11H,4-6H2,(H2,19,22)(H2,20,23)/t10-,11-/m1/s1. The summed E-state index contributed by atoms with van der Waals surface area (Å²) in [4.78, 5) is 24.5. The molecule has 2 rings (SSSR count). The molecular formula is C14H15BrF3N3O2. The zero-order valence-electron chi connectivity index (χ0n) is 11.9. The number of amides is 2. The van der Waals surface area contributed by atoms with Crippen molar-refractivity contribution < 1.29 is 22.8 Å². The van der Waals surface area contributed by atoms with E-state index in [4.69, 9.17) is 11.5 Å². The Hall–Kier alpha value is -1.61. The van der Waals surface area contributed by atoms with Gasteiger partial charge in [-0.15, -0.1) is 0 Å². The van der Waals surface area contributed by atoms with Crippen LogP contribution in [0.3, 0.4) is 0 Å². The summed E-state index contributed by atoms with van der Waals surface area (Å²) < 4.78 is 38.8. The summed E-state index contributed by atoms with van der Waals surface area (Å²) >= 11 is 3.06. The molecule has 1 aliphatic heterocycles. The monoisotopic (exact) mass is 393 g/mol. The molecule has 1 aromatic carbocycles.